The third-order valence-electron chi connectivity index (χ3n) is 4.37. The average Bonchev–Trinajstić information content (AvgIpc) is 2.94. The number of anilines is 2. The van der Waals surface area contributed by atoms with Crippen molar-refractivity contribution in [2.45, 2.75) is 25.0 Å². The zero-order chi connectivity index (χ0) is 23.9. The van der Waals surface area contributed by atoms with Gasteiger partial charge in [0.25, 0.3) is 0 Å². The topological polar surface area (TPSA) is 70.7 Å². The molecule has 3 amide bonds. The van der Waals surface area contributed by atoms with E-state index in [0.29, 0.717) is 12.1 Å². The molecule has 6 nitrogen and oxygen atoms in total. The molecular formula is C19H14F7N3O3. The fourth-order valence-corrected chi connectivity index (χ4v) is 2.97. The molecule has 1 fully saturated rings. The molecule has 1 saturated heterocycles. The molecule has 32 heavy (non-hydrogen) atoms. The lowest BCUT2D eigenvalue weighted by molar-refractivity contribution is -0.143. The summed E-state index contributed by atoms with van der Waals surface area (Å²) in [6.45, 7) is 1.00. The Morgan fingerprint density at radius 1 is 1.03 bits per heavy atom. The molecule has 1 aliphatic heterocycles. The van der Waals surface area contributed by atoms with Crippen LogP contribution in [-0.4, -0.2) is 24.4 Å². The monoisotopic (exact) mass is 465 g/mol. The summed E-state index contributed by atoms with van der Waals surface area (Å²) in [5.74, 6) is -0.550. The molecular weight excluding hydrogens is 451 g/mol. The van der Waals surface area contributed by atoms with Crippen molar-refractivity contribution < 1.29 is 45.1 Å². The molecule has 13 heteroatoms. The van der Waals surface area contributed by atoms with Gasteiger partial charge in [-0.2, -0.15) is 26.3 Å². The Balaban J connectivity index is 1.76. The lowest BCUT2D eigenvalue weighted by atomic mass is 10.1. The van der Waals surface area contributed by atoms with E-state index < -0.39 is 52.8 Å². The summed E-state index contributed by atoms with van der Waals surface area (Å²) < 4.78 is 95.8. The third kappa shape index (κ3) is 5.21. The van der Waals surface area contributed by atoms with Crippen LogP contribution in [0.15, 0.2) is 42.5 Å². The van der Waals surface area contributed by atoms with E-state index in [-0.39, 0.29) is 18.3 Å². The average molecular weight is 465 g/mol. The molecule has 2 N–H and O–H groups in total. The predicted molar refractivity (Wildman–Crippen MR) is 97.2 cm³/mol. The molecule has 172 valence electrons. The highest BCUT2D eigenvalue weighted by molar-refractivity contribution is 5.95. The third-order valence-corrected chi connectivity index (χ3v) is 4.37. The van der Waals surface area contributed by atoms with Crippen molar-refractivity contribution in [2.24, 2.45) is 0 Å². The van der Waals surface area contributed by atoms with Crippen LogP contribution >= 0.6 is 0 Å². The van der Waals surface area contributed by atoms with Crippen LogP contribution in [-0.2, 0) is 17.1 Å². The van der Waals surface area contributed by atoms with E-state index in [1.54, 1.807) is 0 Å². The van der Waals surface area contributed by atoms with Crippen LogP contribution in [0.2, 0.25) is 0 Å². The van der Waals surface area contributed by atoms with Gasteiger partial charge in [0, 0.05) is 11.4 Å². The normalized spacial score (nSPS) is 19.0. The van der Waals surface area contributed by atoms with Crippen molar-refractivity contribution in [1.82, 2.24) is 5.32 Å². The minimum atomic E-state index is -5.09. The highest BCUT2D eigenvalue weighted by atomic mass is 19.4. The van der Waals surface area contributed by atoms with E-state index in [1.807, 2.05) is 5.32 Å². The number of nitrogens with one attached hydrogen (secondary N) is 2. The second kappa shape index (κ2) is 7.88. The fourth-order valence-electron chi connectivity index (χ4n) is 2.97. The minimum absolute atomic E-state index is 0.0877. The summed E-state index contributed by atoms with van der Waals surface area (Å²) in [6, 6.07) is 4.60. The van der Waals surface area contributed by atoms with E-state index >= 15 is 0 Å². The van der Waals surface area contributed by atoms with Gasteiger partial charge in [-0.25, -0.2) is 14.0 Å². The number of amides is 3. The molecule has 1 atom stereocenters. The number of nitrogens with zero attached hydrogens (tertiary/aromatic N) is 1. The van der Waals surface area contributed by atoms with Crippen molar-refractivity contribution in [1.29, 1.82) is 0 Å². The Labute approximate surface area is 175 Å². The lowest BCUT2D eigenvalue weighted by Crippen LogP contribution is -2.45. The fraction of sp³-hybridized carbons (Fsp3) is 0.263. The Hall–Kier alpha value is -3.51. The molecule has 0 aliphatic carbocycles. The number of hydrogen-bond donors (Lipinski definition) is 2. The van der Waals surface area contributed by atoms with Crippen LogP contribution in [0.5, 0.6) is 0 Å². The summed E-state index contributed by atoms with van der Waals surface area (Å²) in [6.07, 6.45) is -11.6. The van der Waals surface area contributed by atoms with E-state index in [4.69, 9.17) is 4.74 Å². The Bertz CT molecular complexity index is 1010. The second-order valence-electron chi connectivity index (χ2n) is 7.03. The maximum atomic E-state index is 13.1. The van der Waals surface area contributed by atoms with Gasteiger partial charge in [0.15, 0.2) is 0 Å². The second-order valence-corrected chi connectivity index (χ2v) is 7.03. The molecule has 2 aromatic rings. The number of halogens is 7. The van der Waals surface area contributed by atoms with Crippen molar-refractivity contribution in [3.63, 3.8) is 0 Å². The number of carbonyl (C=O) groups excluding carboxylic acids is 2. The Kier molecular flexibility index (Phi) is 5.70. The molecule has 0 bridgehead atoms. The quantitative estimate of drug-likeness (QED) is 0.600. The molecule has 0 spiro atoms. The van der Waals surface area contributed by atoms with Gasteiger partial charge in [-0.05, 0) is 49.4 Å². The van der Waals surface area contributed by atoms with E-state index in [1.165, 1.54) is 19.1 Å². The maximum absolute atomic E-state index is 13.1. The van der Waals surface area contributed by atoms with Crippen molar-refractivity contribution in [3.8, 4) is 0 Å². The number of alkyl halides is 6. The van der Waals surface area contributed by atoms with Crippen molar-refractivity contribution in [3.05, 3.63) is 59.4 Å². The number of rotatable bonds is 3. The van der Waals surface area contributed by atoms with Crippen LogP contribution in [0.3, 0.4) is 0 Å². The standard InChI is InChI=1S/C19H14F7N3O3/c1-17(9-29(15(30)28-17)14-4-2-12(20)3-5-14)32-16(31)27-13-7-10(18(21,22)23)6-11(8-13)19(24,25)26/h2-8H,9H2,1H3,(H,27,31)(H,28,30). The zero-order valence-corrected chi connectivity index (χ0v) is 16.1. The number of hydrogen-bond acceptors (Lipinski definition) is 3. The smallest absolute Gasteiger partial charge is 0.416 e. The summed E-state index contributed by atoms with van der Waals surface area (Å²) >= 11 is 0. The highest BCUT2D eigenvalue weighted by Gasteiger charge is 2.43. The molecule has 0 saturated carbocycles. The summed E-state index contributed by atoms with van der Waals surface area (Å²) in [7, 11) is 0. The van der Waals surface area contributed by atoms with Gasteiger partial charge >= 0.3 is 24.5 Å². The van der Waals surface area contributed by atoms with Gasteiger partial charge in [-0.15, -0.1) is 0 Å². The number of carbonyl (C=O) groups is 2. The summed E-state index contributed by atoms with van der Waals surface area (Å²) in [5, 5.41) is 4.15. The molecule has 0 radical (unpaired) electrons. The first-order valence-corrected chi connectivity index (χ1v) is 8.81. The van der Waals surface area contributed by atoms with Gasteiger partial charge in [-0.1, -0.05) is 0 Å². The Morgan fingerprint density at radius 3 is 2.06 bits per heavy atom. The number of urea groups is 1. The first-order valence-electron chi connectivity index (χ1n) is 8.81. The van der Waals surface area contributed by atoms with Crippen LogP contribution in [0, 0.1) is 5.82 Å². The summed E-state index contributed by atoms with van der Waals surface area (Å²) in [4.78, 5) is 25.5. The molecule has 1 unspecified atom stereocenters. The first-order chi connectivity index (χ1) is 14.7. The molecule has 1 aliphatic rings. The molecule has 0 aromatic heterocycles. The van der Waals surface area contributed by atoms with E-state index in [2.05, 4.69) is 5.32 Å². The SMILES string of the molecule is CC1(OC(=O)Nc2cc(C(F)(F)F)cc(C(F)(F)F)c2)CN(c2ccc(F)cc2)C(=O)N1. The van der Waals surface area contributed by atoms with E-state index in [0.717, 1.165) is 17.0 Å². The van der Waals surface area contributed by atoms with Gasteiger partial charge < -0.3 is 4.74 Å². The van der Waals surface area contributed by atoms with E-state index in [9.17, 15) is 40.3 Å². The van der Waals surface area contributed by atoms with Gasteiger partial charge in [0.2, 0.25) is 5.72 Å². The first kappa shape index (κ1) is 23.2. The number of ether oxygens (including phenoxy) is 1. The number of benzene rings is 2. The molecule has 1 heterocycles. The van der Waals surface area contributed by atoms with Crippen molar-refractivity contribution in [2.75, 3.05) is 16.8 Å². The highest BCUT2D eigenvalue weighted by Crippen LogP contribution is 2.37. The van der Waals surface area contributed by atoms with Crippen LogP contribution in [0.4, 0.5) is 51.7 Å². The summed E-state index contributed by atoms with van der Waals surface area (Å²) in [5.41, 5.74) is -5.45. The van der Waals surface area contributed by atoms with Crippen LogP contribution < -0.4 is 15.5 Å². The lowest BCUT2D eigenvalue weighted by Gasteiger charge is -2.24. The van der Waals surface area contributed by atoms with Crippen LogP contribution in [0.1, 0.15) is 18.1 Å². The van der Waals surface area contributed by atoms with Gasteiger partial charge in [-0.3, -0.25) is 15.5 Å². The molecule has 2 aromatic carbocycles. The van der Waals surface area contributed by atoms with Gasteiger partial charge in [0.1, 0.15) is 5.82 Å². The predicted octanol–water partition coefficient (Wildman–Crippen LogP) is 5.36. The zero-order valence-electron chi connectivity index (χ0n) is 16.1. The minimum Gasteiger partial charge on any atom is -0.421 e. The Morgan fingerprint density at radius 2 is 1.56 bits per heavy atom. The molecule has 3 rings (SSSR count). The largest absolute Gasteiger partial charge is 0.421 e. The van der Waals surface area contributed by atoms with Crippen molar-refractivity contribution >= 4 is 23.5 Å². The van der Waals surface area contributed by atoms with Crippen LogP contribution in [0.25, 0.3) is 0 Å². The maximum Gasteiger partial charge on any atom is 0.416 e. The van der Waals surface area contributed by atoms with Gasteiger partial charge in [0.05, 0.1) is 17.7 Å².